The lowest BCUT2D eigenvalue weighted by Crippen LogP contribution is -2.22. The maximum atomic E-state index is 13.6. The summed E-state index contributed by atoms with van der Waals surface area (Å²) in [6.45, 7) is 8.14. The van der Waals surface area contributed by atoms with E-state index in [0.717, 1.165) is 0 Å². The summed E-state index contributed by atoms with van der Waals surface area (Å²) < 4.78 is 24.3. The molecule has 1 aromatic rings. The highest BCUT2D eigenvalue weighted by Gasteiger charge is 2.11. The van der Waals surface area contributed by atoms with Gasteiger partial charge in [-0.25, -0.2) is 4.39 Å². The highest BCUT2D eigenvalue weighted by atomic mass is 19.1. The number of aliphatic hydroxyl groups is 1. The van der Waals surface area contributed by atoms with Crippen molar-refractivity contribution in [2.24, 2.45) is 0 Å². The molecule has 0 bridgehead atoms. The Morgan fingerprint density at radius 1 is 1.28 bits per heavy atom. The highest BCUT2D eigenvalue weighted by molar-refractivity contribution is 5.30. The third-order valence-corrected chi connectivity index (χ3v) is 2.31. The van der Waals surface area contributed by atoms with Crippen LogP contribution in [0.4, 0.5) is 4.39 Å². The van der Waals surface area contributed by atoms with Crippen molar-refractivity contribution in [3.63, 3.8) is 0 Å². The molecule has 0 aromatic heterocycles. The third-order valence-electron chi connectivity index (χ3n) is 2.31. The van der Waals surface area contributed by atoms with Crippen LogP contribution in [-0.2, 0) is 4.74 Å². The van der Waals surface area contributed by atoms with Crippen LogP contribution in [0, 0.1) is 5.82 Å². The second kappa shape index (κ2) is 6.16. The second-order valence-electron chi connectivity index (χ2n) is 5.18. The zero-order valence-electron chi connectivity index (χ0n) is 11.4. The second-order valence-corrected chi connectivity index (χ2v) is 5.18. The molecule has 1 unspecified atom stereocenters. The smallest absolute Gasteiger partial charge is 0.165 e. The molecule has 102 valence electrons. The first-order valence-corrected chi connectivity index (χ1v) is 6.04. The topological polar surface area (TPSA) is 38.7 Å². The quantitative estimate of drug-likeness (QED) is 0.823. The van der Waals surface area contributed by atoms with Gasteiger partial charge in [-0.2, -0.15) is 0 Å². The zero-order chi connectivity index (χ0) is 13.8. The fourth-order valence-electron chi connectivity index (χ4n) is 1.39. The molecule has 0 heterocycles. The Hall–Kier alpha value is -1.13. The first kappa shape index (κ1) is 14.9. The number of halogens is 1. The van der Waals surface area contributed by atoms with Crippen LogP contribution in [0.1, 0.15) is 39.4 Å². The molecular weight excluding hydrogens is 235 g/mol. The summed E-state index contributed by atoms with van der Waals surface area (Å²) in [7, 11) is 0. The number of hydrogen-bond acceptors (Lipinski definition) is 3. The van der Waals surface area contributed by atoms with Crippen molar-refractivity contribution in [1.29, 1.82) is 0 Å². The summed E-state index contributed by atoms with van der Waals surface area (Å²) in [5.74, 6) is -0.291. The van der Waals surface area contributed by atoms with E-state index in [-0.39, 0.29) is 11.4 Å². The Morgan fingerprint density at radius 2 is 1.94 bits per heavy atom. The van der Waals surface area contributed by atoms with Crippen LogP contribution < -0.4 is 4.74 Å². The first-order valence-electron chi connectivity index (χ1n) is 6.04. The van der Waals surface area contributed by atoms with E-state index in [4.69, 9.17) is 9.47 Å². The van der Waals surface area contributed by atoms with Gasteiger partial charge in [-0.15, -0.1) is 0 Å². The molecule has 0 aliphatic rings. The molecule has 1 aromatic carbocycles. The van der Waals surface area contributed by atoms with Crippen molar-refractivity contribution in [2.45, 2.75) is 39.4 Å². The predicted molar refractivity (Wildman–Crippen MR) is 68.2 cm³/mol. The van der Waals surface area contributed by atoms with Crippen molar-refractivity contribution in [1.82, 2.24) is 0 Å². The van der Waals surface area contributed by atoms with Crippen LogP contribution >= 0.6 is 0 Å². The average molecular weight is 256 g/mol. The average Bonchev–Trinajstić information content (AvgIpc) is 2.24. The molecule has 1 atom stereocenters. The Kier molecular flexibility index (Phi) is 5.11. The maximum absolute atomic E-state index is 13.6. The Balaban J connectivity index is 2.48. The summed E-state index contributed by atoms with van der Waals surface area (Å²) in [5, 5.41) is 9.32. The van der Waals surface area contributed by atoms with E-state index in [9.17, 15) is 9.50 Å². The van der Waals surface area contributed by atoms with E-state index in [1.54, 1.807) is 13.0 Å². The van der Waals surface area contributed by atoms with E-state index in [1.165, 1.54) is 12.1 Å². The Morgan fingerprint density at radius 3 is 2.44 bits per heavy atom. The van der Waals surface area contributed by atoms with Crippen LogP contribution in [0.3, 0.4) is 0 Å². The summed E-state index contributed by atoms with van der Waals surface area (Å²) in [5.41, 5.74) is 0.309. The molecule has 0 amide bonds. The van der Waals surface area contributed by atoms with Crippen LogP contribution in [0.15, 0.2) is 18.2 Å². The molecule has 0 fully saturated rings. The SMILES string of the molecule is CC(O)c1ccc(OCCOC(C)(C)C)c(F)c1. The summed E-state index contributed by atoms with van der Waals surface area (Å²) in [6.07, 6.45) is -0.683. The lowest BCUT2D eigenvalue weighted by molar-refractivity contribution is -0.0166. The largest absolute Gasteiger partial charge is 0.488 e. The molecule has 1 N–H and O–H groups in total. The summed E-state index contributed by atoms with van der Waals surface area (Å²) in [4.78, 5) is 0. The minimum atomic E-state index is -0.683. The van der Waals surface area contributed by atoms with E-state index in [2.05, 4.69) is 0 Å². The van der Waals surface area contributed by atoms with Gasteiger partial charge in [-0.05, 0) is 45.4 Å². The van der Waals surface area contributed by atoms with Crippen LogP contribution in [-0.4, -0.2) is 23.9 Å². The fourth-order valence-corrected chi connectivity index (χ4v) is 1.39. The molecule has 3 nitrogen and oxygen atoms in total. The monoisotopic (exact) mass is 256 g/mol. The standard InChI is InChI=1S/C14H21FO3/c1-10(16)11-5-6-13(12(15)9-11)17-7-8-18-14(2,3)4/h5-6,9-10,16H,7-8H2,1-4H3. The minimum absolute atomic E-state index is 0.178. The number of ether oxygens (including phenoxy) is 2. The van der Waals surface area contributed by atoms with Crippen LogP contribution in [0.5, 0.6) is 5.75 Å². The van der Waals surface area contributed by atoms with E-state index >= 15 is 0 Å². The summed E-state index contributed by atoms with van der Waals surface area (Å²) in [6, 6.07) is 4.45. The maximum Gasteiger partial charge on any atom is 0.165 e. The third kappa shape index (κ3) is 5.02. The molecule has 18 heavy (non-hydrogen) atoms. The van der Waals surface area contributed by atoms with Gasteiger partial charge in [0, 0.05) is 0 Å². The van der Waals surface area contributed by atoms with Gasteiger partial charge < -0.3 is 14.6 Å². The van der Waals surface area contributed by atoms with Gasteiger partial charge in [-0.1, -0.05) is 6.07 Å². The van der Waals surface area contributed by atoms with Crippen molar-refractivity contribution in [3.8, 4) is 5.75 Å². The predicted octanol–water partition coefficient (Wildman–Crippen LogP) is 3.07. The van der Waals surface area contributed by atoms with E-state index < -0.39 is 11.9 Å². The van der Waals surface area contributed by atoms with Gasteiger partial charge >= 0.3 is 0 Å². The Labute approximate surface area is 108 Å². The molecule has 1 rings (SSSR count). The van der Waals surface area contributed by atoms with E-state index in [1.807, 2.05) is 20.8 Å². The van der Waals surface area contributed by atoms with Gasteiger partial charge in [0.25, 0.3) is 0 Å². The lowest BCUT2D eigenvalue weighted by atomic mass is 10.1. The van der Waals surface area contributed by atoms with Crippen molar-refractivity contribution in [2.75, 3.05) is 13.2 Å². The highest BCUT2D eigenvalue weighted by Crippen LogP contribution is 2.22. The molecular formula is C14H21FO3. The molecule has 0 saturated carbocycles. The first-order chi connectivity index (χ1) is 8.29. The van der Waals surface area contributed by atoms with Crippen molar-refractivity contribution >= 4 is 0 Å². The number of aliphatic hydroxyl groups excluding tert-OH is 1. The minimum Gasteiger partial charge on any atom is -0.488 e. The number of hydrogen-bond donors (Lipinski definition) is 1. The Bertz CT molecular complexity index is 383. The normalized spacial score (nSPS) is 13.4. The van der Waals surface area contributed by atoms with Crippen LogP contribution in [0.2, 0.25) is 0 Å². The molecule has 0 saturated heterocycles. The molecule has 0 spiro atoms. The van der Waals surface area contributed by atoms with Gasteiger partial charge in [-0.3, -0.25) is 0 Å². The zero-order valence-corrected chi connectivity index (χ0v) is 11.4. The lowest BCUT2D eigenvalue weighted by Gasteiger charge is -2.19. The molecule has 0 aliphatic heterocycles. The number of benzene rings is 1. The van der Waals surface area contributed by atoms with Crippen LogP contribution in [0.25, 0.3) is 0 Å². The van der Waals surface area contributed by atoms with Crippen molar-refractivity contribution < 1.29 is 19.0 Å². The van der Waals surface area contributed by atoms with Gasteiger partial charge in [0.05, 0.1) is 18.3 Å². The van der Waals surface area contributed by atoms with Crippen molar-refractivity contribution in [3.05, 3.63) is 29.6 Å². The van der Waals surface area contributed by atoms with Gasteiger partial charge in [0.2, 0.25) is 0 Å². The van der Waals surface area contributed by atoms with Gasteiger partial charge in [0.15, 0.2) is 11.6 Å². The summed E-state index contributed by atoms with van der Waals surface area (Å²) >= 11 is 0. The van der Waals surface area contributed by atoms with Gasteiger partial charge in [0.1, 0.15) is 6.61 Å². The molecule has 4 heteroatoms. The molecule has 0 radical (unpaired) electrons. The fraction of sp³-hybridized carbons (Fsp3) is 0.571. The molecule has 0 aliphatic carbocycles. The van der Waals surface area contributed by atoms with E-state index in [0.29, 0.717) is 18.8 Å². The number of rotatable bonds is 5.